The Balaban J connectivity index is 4.36. The van der Waals surface area contributed by atoms with Crippen LogP contribution in [-0.4, -0.2) is 32.1 Å². The molecule has 0 aromatic carbocycles. The van der Waals surface area contributed by atoms with Gasteiger partial charge in [0.15, 0.2) is 0 Å². The van der Waals surface area contributed by atoms with Crippen LogP contribution in [0.1, 0.15) is 13.3 Å². The van der Waals surface area contributed by atoms with Crippen LogP contribution in [0.4, 0.5) is 0 Å². The largest absolute Gasteiger partial charge is 0.375 e. The predicted octanol–water partition coefficient (Wildman–Crippen LogP) is 0.683. The molecule has 100 valence electrons. The predicted molar refractivity (Wildman–Crippen MR) is 70.7 cm³/mol. The molecule has 0 rings (SSSR count). The Morgan fingerprint density at radius 2 is 2.11 bits per heavy atom. The molecule has 0 aliphatic rings. The van der Waals surface area contributed by atoms with E-state index < -0.39 is 5.91 Å². The molecule has 0 aliphatic carbocycles. The van der Waals surface area contributed by atoms with E-state index in [9.17, 15) is 9.59 Å². The molecular formula is C13H20N2O3. The maximum absolute atomic E-state index is 11.1. The van der Waals surface area contributed by atoms with Crippen LogP contribution in [0.2, 0.25) is 0 Å². The van der Waals surface area contributed by atoms with Crippen molar-refractivity contribution in [2.75, 3.05) is 20.3 Å². The van der Waals surface area contributed by atoms with E-state index in [1.165, 1.54) is 7.11 Å². The van der Waals surface area contributed by atoms with E-state index in [4.69, 9.17) is 5.73 Å². The molecule has 0 aromatic heterocycles. The number of carbonyl (C=O) groups is 2. The van der Waals surface area contributed by atoms with Gasteiger partial charge in [0.05, 0.1) is 0 Å². The van der Waals surface area contributed by atoms with Crippen LogP contribution in [-0.2, 0) is 14.3 Å². The number of nitrogens with one attached hydrogen (secondary N) is 1. The van der Waals surface area contributed by atoms with Gasteiger partial charge < -0.3 is 15.8 Å². The highest BCUT2D eigenvalue weighted by molar-refractivity contribution is 5.94. The molecule has 2 amide bonds. The molecule has 5 heteroatoms. The van der Waals surface area contributed by atoms with Crippen molar-refractivity contribution in [2.24, 2.45) is 5.73 Å². The summed E-state index contributed by atoms with van der Waals surface area (Å²) in [7, 11) is 1.46. The molecule has 0 spiro atoms. The smallest absolute Gasteiger partial charge is 0.248 e. The third kappa shape index (κ3) is 6.65. The molecule has 3 N–H and O–H groups in total. The normalized spacial score (nSPS) is 12.1. The lowest BCUT2D eigenvalue weighted by molar-refractivity contribution is -0.124. The topological polar surface area (TPSA) is 81.4 Å². The van der Waals surface area contributed by atoms with Crippen molar-refractivity contribution in [1.82, 2.24) is 5.32 Å². The van der Waals surface area contributed by atoms with Gasteiger partial charge in [0.2, 0.25) is 11.8 Å². The lowest BCUT2D eigenvalue weighted by atomic mass is 10.1. The van der Waals surface area contributed by atoms with Gasteiger partial charge in [0.1, 0.15) is 6.61 Å². The summed E-state index contributed by atoms with van der Waals surface area (Å²) in [5.74, 6) is -0.665. The number of ether oxygens (including phenoxy) is 1. The molecule has 0 fully saturated rings. The first kappa shape index (κ1) is 16.1. The van der Waals surface area contributed by atoms with Gasteiger partial charge in [-0.05, 0) is 25.0 Å². The summed E-state index contributed by atoms with van der Waals surface area (Å²) >= 11 is 0. The number of allylic oxidation sites excluding steroid dienone is 2. The Bertz CT molecular complexity index is 370. The molecular weight excluding hydrogens is 232 g/mol. The molecule has 0 unspecified atom stereocenters. The minimum atomic E-state index is -0.486. The molecule has 0 aliphatic heterocycles. The fourth-order valence-corrected chi connectivity index (χ4v) is 1.26. The SMILES string of the molecule is C=C/C(=C\C(=C/C)C(N)=O)CCNC(=O)COC. The second kappa shape index (κ2) is 9.18. The van der Waals surface area contributed by atoms with Crippen molar-refractivity contribution >= 4 is 11.8 Å². The third-order valence-corrected chi connectivity index (χ3v) is 2.21. The Kier molecular flexibility index (Phi) is 8.22. The van der Waals surface area contributed by atoms with Crippen molar-refractivity contribution < 1.29 is 14.3 Å². The highest BCUT2D eigenvalue weighted by atomic mass is 16.5. The Morgan fingerprint density at radius 3 is 2.56 bits per heavy atom. The van der Waals surface area contributed by atoms with Gasteiger partial charge in [-0.3, -0.25) is 9.59 Å². The zero-order valence-electron chi connectivity index (χ0n) is 10.9. The molecule has 0 aromatic rings. The third-order valence-electron chi connectivity index (χ3n) is 2.21. The van der Waals surface area contributed by atoms with Crippen molar-refractivity contribution in [2.45, 2.75) is 13.3 Å². The molecule has 0 atom stereocenters. The van der Waals surface area contributed by atoms with Gasteiger partial charge in [0, 0.05) is 19.2 Å². The monoisotopic (exact) mass is 252 g/mol. The summed E-state index contributed by atoms with van der Waals surface area (Å²) in [4.78, 5) is 22.2. The highest BCUT2D eigenvalue weighted by Gasteiger charge is 2.03. The first-order chi connectivity index (χ1) is 8.54. The lowest BCUT2D eigenvalue weighted by Gasteiger charge is -2.06. The number of amides is 2. The molecule has 0 radical (unpaired) electrons. The van der Waals surface area contributed by atoms with Crippen molar-refractivity contribution in [3.8, 4) is 0 Å². The number of nitrogens with two attached hydrogens (primary N) is 1. The van der Waals surface area contributed by atoms with E-state index in [-0.39, 0.29) is 12.5 Å². The van der Waals surface area contributed by atoms with Gasteiger partial charge in [-0.15, -0.1) is 0 Å². The number of rotatable bonds is 8. The van der Waals surface area contributed by atoms with Crippen LogP contribution in [0.5, 0.6) is 0 Å². The summed E-state index contributed by atoms with van der Waals surface area (Å²) in [6, 6.07) is 0. The van der Waals surface area contributed by atoms with Gasteiger partial charge in [-0.2, -0.15) is 0 Å². The number of primary amides is 1. The lowest BCUT2D eigenvalue weighted by Crippen LogP contribution is -2.28. The molecule has 5 nitrogen and oxygen atoms in total. The van der Waals surface area contributed by atoms with Crippen molar-refractivity contribution in [3.63, 3.8) is 0 Å². The first-order valence-corrected chi connectivity index (χ1v) is 5.59. The van der Waals surface area contributed by atoms with E-state index >= 15 is 0 Å². The van der Waals surface area contributed by atoms with E-state index in [1.807, 2.05) is 0 Å². The van der Waals surface area contributed by atoms with Crippen LogP contribution in [0.25, 0.3) is 0 Å². The number of carbonyl (C=O) groups excluding carboxylic acids is 2. The minimum absolute atomic E-state index is 0.0362. The number of methoxy groups -OCH3 is 1. The van der Waals surface area contributed by atoms with Crippen molar-refractivity contribution in [1.29, 1.82) is 0 Å². The van der Waals surface area contributed by atoms with E-state index in [0.717, 1.165) is 5.57 Å². The van der Waals surface area contributed by atoms with Crippen LogP contribution in [0.3, 0.4) is 0 Å². The van der Waals surface area contributed by atoms with E-state index in [1.54, 1.807) is 25.2 Å². The zero-order chi connectivity index (χ0) is 14.0. The minimum Gasteiger partial charge on any atom is -0.375 e. The molecule has 18 heavy (non-hydrogen) atoms. The zero-order valence-corrected chi connectivity index (χ0v) is 10.9. The number of hydrogen-bond acceptors (Lipinski definition) is 3. The maximum Gasteiger partial charge on any atom is 0.248 e. The Morgan fingerprint density at radius 1 is 1.44 bits per heavy atom. The summed E-state index contributed by atoms with van der Waals surface area (Å²) in [6.07, 6.45) is 5.51. The average Bonchev–Trinajstić information content (AvgIpc) is 2.33. The fourth-order valence-electron chi connectivity index (χ4n) is 1.26. The summed E-state index contributed by atoms with van der Waals surface area (Å²) in [5, 5.41) is 2.68. The van der Waals surface area contributed by atoms with E-state index in [2.05, 4.69) is 16.6 Å². The van der Waals surface area contributed by atoms with Gasteiger partial charge in [-0.25, -0.2) is 0 Å². The standard InChI is InChI=1S/C13H20N2O3/c1-4-10(8-11(5-2)13(14)17)6-7-15-12(16)9-18-3/h4-5,8H,1,6-7,9H2,2-3H3,(H2,14,17)(H,15,16)/b10-8+,11-5+. The summed E-state index contributed by atoms with van der Waals surface area (Å²) in [6.45, 7) is 5.88. The second-order valence-electron chi connectivity index (χ2n) is 3.56. The summed E-state index contributed by atoms with van der Waals surface area (Å²) in [5.41, 5.74) is 6.45. The first-order valence-electron chi connectivity index (χ1n) is 5.59. The molecule has 0 heterocycles. The quantitative estimate of drug-likeness (QED) is 0.492. The Labute approximate surface area is 107 Å². The average molecular weight is 252 g/mol. The maximum atomic E-state index is 11.1. The fraction of sp³-hybridized carbons (Fsp3) is 0.385. The van der Waals surface area contributed by atoms with Gasteiger partial charge in [0.25, 0.3) is 0 Å². The molecule has 0 saturated heterocycles. The highest BCUT2D eigenvalue weighted by Crippen LogP contribution is 2.07. The van der Waals surface area contributed by atoms with Crippen molar-refractivity contribution in [3.05, 3.63) is 36.0 Å². The van der Waals surface area contributed by atoms with Gasteiger partial charge in [-0.1, -0.05) is 18.7 Å². The van der Waals surface area contributed by atoms with Crippen LogP contribution in [0.15, 0.2) is 36.0 Å². The Hall–Kier alpha value is -1.88. The van der Waals surface area contributed by atoms with Crippen LogP contribution >= 0.6 is 0 Å². The molecule has 0 saturated carbocycles. The molecule has 0 bridgehead atoms. The number of hydrogen-bond donors (Lipinski definition) is 2. The van der Waals surface area contributed by atoms with E-state index in [0.29, 0.717) is 18.5 Å². The van der Waals surface area contributed by atoms with Crippen LogP contribution in [0, 0.1) is 0 Å². The van der Waals surface area contributed by atoms with Crippen LogP contribution < -0.4 is 11.1 Å². The second-order valence-corrected chi connectivity index (χ2v) is 3.56. The van der Waals surface area contributed by atoms with Gasteiger partial charge >= 0.3 is 0 Å². The summed E-state index contributed by atoms with van der Waals surface area (Å²) < 4.78 is 4.68.